The number of nitrogens with zero attached hydrogens (tertiary/aromatic N) is 4. The van der Waals surface area contributed by atoms with Gasteiger partial charge in [-0.3, -0.25) is 4.98 Å². The molecule has 2 unspecified atom stereocenters. The fraction of sp³-hybridized carbons (Fsp3) is 0.476. The number of hydrogen-bond acceptors (Lipinski definition) is 7. The van der Waals surface area contributed by atoms with E-state index >= 15 is 4.39 Å². The van der Waals surface area contributed by atoms with Gasteiger partial charge in [0.25, 0.3) is 0 Å². The summed E-state index contributed by atoms with van der Waals surface area (Å²) in [6.07, 6.45) is -2.80. The minimum Gasteiger partial charge on any atom is -0.465 e. The molecule has 2 aliphatic carbocycles. The predicted octanol–water partition coefficient (Wildman–Crippen LogP) is 10.1. The Morgan fingerprint density at radius 3 is 2.20 bits per heavy atom. The van der Waals surface area contributed by atoms with E-state index in [1.165, 1.54) is 7.11 Å². The van der Waals surface area contributed by atoms with Crippen molar-refractivity contribution >= 4 is 11.9 Å². The van der Waals surface area contributed by atoms with Gasteiger partial charge < -0.3 is 14.7 Å². The molecule has 0 spiro atoms. The van der Waals surface area contributed by atoms with E-state index in [2.05, 4.69) is 9.97 Å². The van der Waals surface area contributed by atoms with E-state index in [1.807, 2.05) is 24.8 Å². The highest BCUT2D eigenvalue weighted by Crippen LogP contribution is 2.52. The van der Waals surface area contributed by atoms with Crippen molar-refractivity contribution in [1.82, 2.24) is 15.0 Å². The Bertz CT molecular complexity index is 2020. The Morgan fingerprint density at radius 1 is 0.927 bits per heavy atom. The van der Waals surface area contributed by atoms with Crippen LogP contribution in [0.15, 0.2) is 60.9 Å². The van der Waals surface area contributed by atoms with E-state index in [4.69, 9.17) is 9.72 Å². The van der Waals surface area contributed by atoms with Crippen molar-refractivity contribution in [3.05, 3.63) is 106 Å². The van der Waals surface area contributed by atoms with Crippen molar-refractivity contribution < 1.29 is 41.0 Å². The lowest BCUT2D eigenvalue weighted by Gasteiger charge is -2.41. The normalized spacial score (nSPS) is 20.8. The third kappa shape index (κ3) is 8.08. The summed E-state index contributed by atoms with van der Waals surface area (Å²) in [6, 6.07) is 10.9. The van der Waals surface area contributed by atoms with Crippen molar-refractivity contribution in [1.29, 1.82) is 0 Å². The molecule has 1 saturated carbocycles. The summed E-state index contributed by atoms with van der Waals surface area (Å²) >= 11 is 0. The van der Waals surface area contributed by atoms with Gasteiger partial charge in [0.05, 0.1) is 30.0 Å². The lowest BCUT2D eigenvalue weighted by Crippen LogP contribution is -2.36. The van der Waals surface area contributed by atoms with Crippen molar-refractivity contribution in [2.24, 2.45) is 5.41 Å². The van der Waals surface area contributed by atoms with Gasteiger partial charge in [0.15, 0.2) is 6.17 Å². The zero-order chi connectivity index (χ0) is 39.3. The topological polar surface area (TPSA) is 88.4 Å². The molecule has 3 aliphatic rings. The average molecular weight is 767 g/mol. The molecule has 1 N–H and O–H groups in total. The van der Waals surface area contributed by atoms with E-state index in [9.17, 15) is 31.9 Å². The van der Waals surface area contributed by atoms with Crippen LogP contribution in [0.25, 0.3) is 11.1 Å². The van der Waals surface area contributed by atoms with Gasteiger partial charge in [-0.2, -0.15) is 13.2 Å². The van der Waals surface area contributed by atoms with Crippen LogP contribution in [0, 0.1) is 5.41 Å². The fourth-order valence-electron chi connectivity index (χ4n) is 8.65. The molecule has 13 heteroatoms. The van der Waals surface area contributed by atoms with Crippen LogP contribution in [0.3, 0.4) is 0 Å². The molecule has 0 amide bonds. The summed E-state index contributed by atoms with van der Waals surface area (Å²) in [5.41, 5.74) is 2.93. The number of benzene rings is 2. The third-order valence-corrected chi connectivity index (χ3v) is 11.5. The van der Waals surface area contributed by atoms with E-state index < -0.39 is 41.8 Å². The molecule has 7 nitrogen and oxygen atoms in total. The predicted molar refractivity (Wildman–Crippen MR) is 195 cm³/mol. The number of halogens is 6. The number of piperidine rings is 1. The van der Waals surface area contributed by atoms with Gasteiger partial charge in [0.2, 0.25) is 11.9 Å². The minimum absolute atomic E-state index is 0.00654. The number of carbonyl (C=O) groups is 1. The number of alkyl halides is 6. The highest BCUT2D eigenvalue weighted by atomic mass is 19.4. The first-order valence-corrected chi connectivity index (χ1v) is 18.7. The number of anilines is 1. The van der Waals surface area contributed by atoms with Crippen LogP contribution in [0.1, 0.15) is 132 Å². The Kier molecular flexibility index (Phi) is 10.5. The van der Waals surface area contributed by atoms with E-state index in [0.717, 1.165) is 29.8 Å². The first kappa shape index (κ1) is 38.7. The number of hydrogen-bond donors (Lipinski definition) is 1. The molecule has 4 aromatic rings. The maximum atomic E-state index is 17.3. The largest absolute Gasteiger partial charge is 0.465 e. The number of ether oxygens (including phenoxy) is 1. The van der Waals surface area contributed by atoms with E-state index in [1.54, 1.807) is 30.6 Å². The van der Waals surface area contributed by atoms with Gasteiger partial charge in [-0.1, -0.05) is 38.1 Å². The summed E-state index contributed by atoms with van der Waals surface area (Å²) in [7, 11) is 1.32. The smallest absolute Gasteiger partial charge is 0.416 e. The number of methoxy groups -OCH3 is 1. The number of carbonyl (C=O) groups excluding carboxylic acids is 1. The highest BCUT2D eigenvalue weighted by molar-refractivity contribution is 5.90. The summed E-state index contributed by atoms with van der Waals surface area (Å²) in [5, 5.41) is 11.6. The number of fused-ring (bicyclic) bond motifs is 1. The quantitative estimate of drug-likeness (QED) is 0.148. The maximum Gasteiger partial charge on any atom is 0.416 e. The van der Waals surface area contributed by atoms with E-state index in [-0.39, 0.29) is 48.1 Å². The van der Waals surface area contributed by atoms with E-state index in [0.29, 0.717) is 78.4 Å². The van der Waals surface area contributed by atoms with Crippen LogP contribution in [0.5, 0.6) is 0 Å². The molecule has 0 bridgehead atoms. The monoisotopic (exact) mass is 766 g/mol. The van der Waals surface area contributed by atoms with Crippen molar-refractivity contribution in [2.75, 3.05) is 25.1 Å². The van der Waals surface area contributed by atoms with Crippen LogP contribution in [0.2, 0.25) is 0 Å². The van der Waals surface area contributed by atoms with Crippen LogP contribution >= 0.6 is 0 Å². The Morgan fingerprint density at radius 2 is 1.58 bits per heavy atom. The van der Waals surface area contributed by atoms with Crippen LogP contribution in [0.4, 0.5) is 32.3 Å². The van der Waals surface area contributed by atoms with Crippen LogP contribution < -0.4 is 4.90 Å². The number of aromatic nitrogens is 3. The number of aliphatic hydroxyl groups is 1. The SMILES string of the molecule is COC(=O)c1cccc(-c2cnc(N3CCC(c4nc5c(c(C6CCC(F)(F)CC6)c4C(F)c4ccc(C(F)(F)F)cc4)C(O)CC(C)(C)C5)CC3)nc2)c1. The first-order valence-electron chi connectivity index (χ1n) is 18.7. The van der Waals surface area contributed by atoms with Gasteiger partial charge in [-0.05, 0) is 90.8 Å². The second-order valence-corrected chi connectivity index (χ2v) is 16.0. The lowest BCUT2D eigenvalue weighted by atomic mass is 9.68. The maximum absolute atomic E-state index is 17.3. The second kappa shape index (κ2) is 14.9. The van der Waals surface area contributed by atoms with Gasteiger partial charge >= 0.3 is 12.1 Å². The molecular formula is C42H44F6N4O3. The second-order valence-electron chi connectivity index (χ2n) is 16.0. The molecular weight excluding hydrogens is 722 g/mol. The van der Waals surface area contributed by atoms with Crippen molar-refractivity contribution in [3.63, 3.8) is 0 Å². The molecule has 1 saturated heterocycles. The number of aliphatic hydroxyl groups excluding tert-OH is 1. The lowest BCUT2D eigenvalue weighted by molar-refractivity contribution is -0.137. The number of rotatable bonds is 7. The Labute approximate surface area is 316 Å². The summed E-state index contributed by atoms with van der Waals surface area (Å²) in [4.78, 5) is 28.4. The fourth-order valence-corrected chi connectivity index (χ4v) is 8.65. The van der Waals surface area contributed by atoms with Crippen molar-refractivity contribution in [3.8, 4) is 11.1 Å². The molecule has 0 radical (unpaired) electrons. The highest BCUT2D eigenvalue weighted by Gasteiger charge is 2.44. The minimum atomic E-state index is -4.61. The molecule has 2 atom stereocenters. The van der Waals surface area contributed by atoms with Gasteiger partial charge in [0.1, 0.15) is 0 Å². The van der Waals surface area contributed by atoms with Gasteiger partial charge in [-0.25, -0.2) is 27.9 Å². The van der Waals surface area contributed by atoms with Crippen molar-refractivity contribution in [2.45, 2.75) is 101 Å². The van der Waals surface area contributed by atoms with Gasteiger partial charge in [0, 0.05) is 66.6 Å². The summed E-state index contributed by atoms with van der Waals surface area (Å²) in [6.45, 7) is 5.04. The summed E-state index contributed by atoms with van der Waals surface area (Å²) < 4.78 is 91.7. The average Bonchev–Trinajstić information content (AvgIpc) is 3.16. The third-order valence-electron chi connectivity index (χ3n) is 11.5. The zero-order valence-corrected chi connectivity index (χ0v) is 31.0. The molecule has 3 heterocycles. The van der Waals surface area contributed by atoms with Crippen LogP contribution in [-0.4, -0.2) is 52.1 Å². The molecule has 2 aromatic carbocycles. The molecule has 292 valence electrons. The van der Waals surface area contributed by atoms with Crippen LogP contribution in [-0.2, 0) is 17.3 Å². The summed E-state index contributed by atoms with van der Waals surface area (Å²) in [5.74, 6) is -3.56. The Balaban J connectivity index is 1.24. The number of pyridine rings is 1. The first-order chi connectivity index (χ1) is 26.0. The molecule has 55 heavy (non-hydrogen) atoms. The number of esters is 1. The zero-order valence-electron chi connectivity index (χ0n) is 31.0. The Hall–Kier alpha value is -4.52. The standard InChI is InChI=1S/C42H44F6N4O3/c1-40(2)20-31-34(32(53)21-40)33(24-11-15-41(44,45)16-12-24)35(36(43)25-7-9-30(10-8-25)42(46,47)48)37(51-31)26-13-17-52(18-14-26)39-49-22-29(23-50-39)27-5-4-6-28(19-27)38(54)55-3/h4-10,19,22-24,26,32,36,53H,11-18,20-21H2,1-3H3. The molecule has 7 rings (SSSR count). The molecule has 1 aliphatic heterocycles. The molecule has 2 aromatic heterocycles. The molecule has 2 fully saturated rings. The van der Waals surface area contributed by atoms with Gasteiger partial charge in [-0.15, -0.1) is 0 Å².